The summed E-state index contributed by atoms with van der Waals surface area (Å²) in [6.45, 7) is 1.74. The first kappa shape index (κ1) is 17.8. The van der Waals surface area contributed by atoms with E-state index in [0.717, 1.165) is 17.7 Å². The van der Waals surface area contributed by atoms with Crippen LogP contribution >= 0.6 is 0 Å². The van der Waals surface area contributed by atoms with Gasteiger partial charge < -0.3 is 4.98 Å². The third-order valence-corrected chi connectivity index (χ3v) is 5.31. The van der Waals surface area contributed by atoms with Gasteiger partial charge in [-0.2, -0.15) is 18.4 Å². The number of aryl methyl sites for hydroxylation is 1. The second-order valence-electron chi connectivity index (χ2n) is 5.59. The summed E-state index contributed by atoms with van der Waals surface area (Å²) in [6.07, 6.45) is -3.40. The Morgan fingerprint density at radius 3 is 2.50 bits per heavy atom. The molecule has 0 aliphatic rings. The molecule has 0 aliphatic carbocycles. The molecule has 0 atom stereocenters. The van der Waals surface area contributed by atoms with E-state index in [1.807, 2.05) is 6.07 Å². The lowest BCUT2D eigenvalue weighted by Gasteiger charge is -2.15. The minimum atomic E-state index is -4.81. The molecule has 0 radical (unpaired) electrons. The molecule has 0 spiro atoms. The average Bonchev–Trinajstić information content (AvgIpc) is 3.02. The summed E-state index contributed by atoms with van der Waals surface area (Å²) < 4.78 is 66.8. The maximum Gasteiger partial charge on any atom is 0.417 e. The fourth-order valence-corrected chi connectivity index (χ4v) is 4.03. The van der Waals surface area contributed by atoms with Crippen LogP contribution in [0.5, 0.6) is 0 Å². The summed E-state index contributed by atoms with van der Waals surface area (Å²) in [7, 11) is -4.50. The van der Waals surface area contributed by atoms with Gasteiger partial charge in [-0.25, -0.2) is 8.42 Å². The van der Waals surface area contributed by atoms with Crippen LogP contribution in [0.2, 0.25) is 0 Å². The van der Waals surface area contributed by atoms with E-state index in [-0.39, 0.29) is 5.69 Å². The zero-order chi connectivity index (χ0) is 19.1. The first-order chi connectivity index (χ1) is 12.1. The number of H-pyrrole nitrogens is 1. The van der Waals surface area contributed by atoms with Gasteiger partial charge in [-0.1, -0.05) is 18.2 Å². The van der Waals surface area contributed by atoms with Crippen molar-refractivity contribution >= 4 is 26.6 Å². The van der Waals surface area contributed by atoms with E-state index in [2.05, 4.69) is 9.71 Å². The molecule has 134 valence electrons. The smallest absolute Gasteiger partial charge is 0.358 e. The Hall–Kier alpha value is -2.99. The lowest BCUT2D eigenvalue weighted by Crippen LogP contribution is -2.19. The van der Waals surface area contributed by atoms with E-state index >= 15 is 0 Å². The van der Waals surface area contributed by atoms with Gasteiger partial charge in [-0.3, -0.25) is 4.72 Å². The molecular weight excluding hydrogens is 367 g/mol. The van der Waals surface area contributed by atoms with Gasteiger partial charge in [0, 0.05) is 11.6 Å². The molecule has 0 amide bonds. The molecule has 0 saturated heterocycles. The quantitative estimate of drug-likeness (QED) is 0.716. The molecule has 3 rings (SSSR count). The van der Waals surface area contributed by atoms with Crippen LogP contribution in [0.4, 0.5) is 18.9 Å². The highest BCUT2D eigenvalue weighted by Gasteiger charge is 2.37. The van der Waals surface area contributed by atoms with Crippen LogP contribution in [0.25, 0.3) is 10.9 Å². The summed E-state index contributed by atoms with van der Waals surface area (Å²) >= 11 is 0. The third kappa shape index (κ3) is 2.99. The molecule has 2 aromatic carbocycles. The van der Waals surface area contributed by atoms with Crippen molar-refractivity contribution in [3.63, 3.8) is 0 Å². The molecule has 0 saturated carbocycles. The zero-order valence-corrected chi connectivity index (χ0v) is 14.2. The van der Waals surface area contributed by atoms with Crippen molar-refractivity contribution in [1.82, 2.24) is 4.98 Å². The normalized spacial score (nSPS) is 12.1. The topological polar surface area (TPSA) is 85.8 Å². The average molecular weight is 379 g/mol. The van der Waals surface area contributed by atoms with Gasteiger partial charge in [-0.05, 0) is 30.7 Å². The predicted octanol–water partition coefficient (Wildman–Crippen LogP) is 4.17. The number of hydrogen-bond donors (Lipinski definition) is 2. The fraction of sp³-hybridized carbons (Fsp3) is 0.118. The Balaban J connectivity index is 2.14. The van der Waals surface area contributed by atoms with Crippen molar-refractivity contribution in [3.8, 4) is 6.07 Å². The number of benzene rings is 2. The number of halogens is 3. The zero-order valence-electron chi connectivity index (χ0n) is 13.3. The maximum absolute atomic E-state index is 13.1. The molecule has 3 aromatic rings. The van der Waals surface area contributed by atoms with Crippen LogP contribution < -0.4 is 4.72 Å². The lowest BCUT2D eigenvalue weighted by atomic mass is 10.1. The van der Waals surface area contributed by atoms with E-state index in [1.165, 1.54) is 18.3 Å². The number of nitriles is 1. The Bertz CT molecular complexity index is 1140. The number of hydrogen-bond acceptors (Lipinski definition) is 3. The molecular formula is C17H12F3N3O2S. The van der Waals surface area contributed by atoms with Gasteiger partial charge >= 0.3 is 6.18 Å². The second kappa shape index (κ2) is 6.07. The lowest BCUT2D eigenvalue weighted by molar-refractivity contribution is -0.139. The number of nitrogens with one attached hydrogen (secondary N) is 2. The molecule has 0 unspecified atom stereocenters. The van der Waals surface area contributed by atoms with Gasteiger partial charge in [0.1, 0.15) is 6.07 Å². The first-order valence-corrected chi connectivity index (χ1v) is 8.83. The molecule has 1 aromatic heterocycles. The predicted molar refractivity (Wildman–Crippen MR) is 90.0 cm³/mol. The fourth-order valence-electron chi connectivity index (χ4n) is 2.73. The van der Waals surface area contributed by atoms with Gasteiger partial charge in [0.05, 0.1) is 27.2 Å². The molecule has 0 bridgehead atoms. The number of rotatable bonds is 3. The number of nitrogens with zero attached hydrogens (tertiary/aromatic N) is 1. The Morgan fingerprint density at radius 2 is 1.85 bits per heavy atom. The van der Waals surface area contributed by atoms with Crippen LogP contribution in [0.15, 0.2) is 47.5 Å². The van der Waals surface area contributed by atoms with E-state index in [4.69, 9.17) is 5.26 Å². The molecule has 2 N–H and O–H groups in total. The Morgan fingerprint density at radius 1 is 1.15 bits per heavy atom. The van der Waals surface area contributed by atoms with Crippen LogP contribution in [0.1, 0.15) is 16.7 Å². The first-order valence-electron chi connectivity index (χ1n) is 7.35. The minimum absolute atomic E-state index is 0.0593. The Kier molecular flexibility index (Phi) is 4.16. The Labute approximate surface area is 147 Å². The van der Waals surface area contributed by atoms with Gasteiger partial charge in [0.25, 0.3) is 10.0 Å². The SMILES string of the molecule is Cc1ccc(NS(=O)(=O)c2ccccc2C(F)(F)F)c2[nH]cc(C#N)c12. The number of aromatic amines is 1. The number of anilines is 1. The van der Waals surface area contributed by atoms with Crippen LogP contribution in [0.3, 0.4) is 0 Å². The van der Waals surface area contributed by atoms with Gasteiger partial charge in [0.2, 0.25) is 0 Å². The highest BCUT2D eigenvalue weighted by Crippen LogP contribution is 2.35. The van der Waals surface area contributed by atoms with Gasteiger partial charge in [-0.15, -0.1) is 0 Å². The molecule has 0 fully saturated rings. The van der Waals surface area contributed by atoms with Crippen molar-refractivity contribution in [2.45, 2.75) is 18.0 Å². The van der Waals surface area contributed by atoms with Crippen molar-refractivity contribution in [3.05, 3.63) is 59.3 Å². The number of fused-ring (bicyclic) bond motifs is 1. The van der Waals surface area contributed by atoms with E-state index < -0.39 is 26.7 Å². The summed E-state index contributed by atoms with van der Waals surface area (Å²) in [5.41, 5.74) is 0.185. The van der Waals surface area contributed by atoms with Crippen molar-refractivity contribution < 1.29 is 21.6 Å². The van der Waals surface area contributed by atoms with Crippen LogP contribution in [0, 0.1) is 18.3 Å². The highest BCUT2D eigenvalue weighted by molar-refractivity contribution is 7.92. The highest BCUT2D eigenvalue weighted by atomic mass is 32.2. The molecule has 1 heterocycles. The van der Waals surface area contributed by atoms with E-state index in [1.54, 1.807) is 13.0 Å². The number of alkyl halides is 3. The monoisotopic (exact) mass is 379 g/mol. The van der Waals surface area contributed by atoms with Gasteiger partial charge in [0.15, 0.2) is 0 Å². The molecule has 0 aliphatic heterocycles. The van der Waals surface area contributed by atoms with E-state index in [0.29, 0.717) is 22.5 Å². The summed E-state index contributed by atoms with van der Waals surface area (Å²) in [4.78, 5) is 1.93. The van der Waals surface area contributed by atoms with Crippen molar-refractivity contribution in [1.29, 1.82) is 5.26 Å². The summed E-state index contributed by atoms with van der Waals surface area (Å²) in [5.74, 6) is 0. The summed E-state index contributed by atoms with van der Waals surface area (Å²) in [6, 6.07) is 8.95. The standard InChI is InChI=1S/C17H12F3N3O2S/c1-10-6-7-13(16-15(10)11(8-21)9-22-16)23-26(24,25)14-5-3-2-4-12(14)17(18,19)20/h2-7,9,22-23H,1H3. The second-order valence-corrected chi connectivity index (χ2v) is 7.24. The van der Waals surface area contributed by atoms with Crippen LogP contribution in [-0.2, 0) is 16.2 Å². The largest absolute Gasteiger partial charge is 0.417 e. The summed E-state index contributed by atoms with van der Waals surface area (Å²) in [5, 5.41) is 9.65. The number of sulfonamides is 1. The number of aromatic nitrogens is 1. The van der Waals surface area contributed by atoms with Crippen molar-refractivity contribution in [2.75, 3.05) is 4.72 Å². The minimum Gasteiger partial charge on any atom is -0.358 e. The molecule has 5 nitrogen and oxygen atoms in total. The molecule has 26 heavy (non-hydrogen) atoms. The van der Waals surface area contributed by atoms with Crippen molar-refractivity contribution in [2.24, 2.45) is 0 Å². The third-order valence-electron chi connectivity index (χ3n) is 3.89. The van der Waals surface area contributed by atoms with Crippen LogP contribution in [-0.4, -0.2) is 13.4 Å². The molecule has 9 heteroatoms. The maximum atomic E-state index is 13.1. The van der Waals surface area contributed by atoms with E-state index in [9.17, 15) is 21.6 Å².